The summed E-state index contributed by atoms with van der Waals surface area (Å²) in [5, 5.41) is 28.0. The number of β-lactam (4-membered cyclic amide) rings is 1. The fraction of sp³-hybridized carbons (Fsp3) is 0.190. The van der Waals surface area contributed by atoms with Gasteiger partial charge in [-0.25, -0.2) is 9.78 Å². The van der Waals surface area contributed by atoms with Gasteiger partial charge >= 0.3 is 5.97 Å². The van der Waals surface area contributed by atoms with Crippen LogP contribution in [0, 0.1) is 10.1 Å². The Labute approximate surface area is 211 Å². The highest BCUT2D eigenvalue weighted by Gasteiger charge is 2.54. The van der Waals surface area contributed by atoms with Crippen LogP contribution >= 0.6 is 23.1 Å². The van der Waals surface area contributed by atoms with Crippen molar-refractivity contribution >= 4 is 63.5 Å². The van der Waals surface area contributed by atoms with Crippen molar-refractivity contribution in [1.29, 1.82) is 0 Å². The highest BCUT2D eigenvalue weighted by atomic mass is 32.2. The van der Waals surface area contributed by atoms with Gasteiger partial charge in [-0.05, 0) is 23.3 Å². The number of nitrogens with two attached hydrogens (primary N) is 1. The average Bonchev–Trinajstić information content (AvgIpc) is 3.29. The molecule has 2 aliphatic rings. The molecule has 2 aromatic rings. The molecule has 15 heteroatoms. The molecule has 4 N–H and O–H groups in total. The van der Waals surface area contributed by atoms with E-state index in [9.17, 15) is 29.6 Å². The molecule has 0 spiro atoms. The number of carboxylic acids is 1. The summed E-state index contributed by atoms with van der Waals surface area (Å²) in [6.45, 7) is 0. The number of benzene rings is 1. The summed E-state index contributed by atoms with van der Waals surface area (Å²) < 4.78 is 0. The Kier molecular flexibility index (Phi) is 7.03. The number of thioether (sulfide) groups is 1. The molecule has 0 radical (unpaired) electrons. The molecule has 1 fully saturated rings. The van der Waals surface area contributed by atoms with Crippen LogP contribution < -0.4 is 11.1 Å². The molecule has 3 heterocycles. The summed E-state index contributed by atoms with van der Waals surface area (Å²) in [4.78, 5) is 57.9. The van der Waals surface area contributed by atoms with Gasteiger partial charge in [-0.1, -0.05) is 17.3 Å². The summed E-state index contributed by atoms with van der Waals surface area (Å²) in [5.74, 6) is -2.34. The molecular weight excluding hydrogens is 512 g/mol. The summed E-state index contributed by atoms with van der Waals surface area (Å²) in [5.41, 5.74) is 6.39. The Morgan fingerprint density at radius 2 is 2.08 bits per heavy atom. The lowest BCUT2D eigenvalue weighted by Crippen LogP contribution is -2.71. The number of carbonyl (C=O) groups is 3. The summed E-state index contributed by atoms with van der Waals surface area (Å²) in [6.07, 6.45) is 3.17. The van der Waals surface area contributed by atoms with Crippen LogP contribution in [-0.4, -0.2) is 67.7 Å². The minimum absolute atomic E-state index is 0.0649. The number of nitrogens with zero attached hydrogens (tertiary/aromatic N) is 4. The van der Waals surface area contributed by atoms with E-state index in [1.165, 1.54) is 48.5 Å². The molecule has 1 unspecified atom stereocenters. The van der Waals surface area contributed by atoms with Crippen molar-refractivity contribution in [3.05, 3.63) is 68.4 Å². The first-order valence-corrected chi connectivity index (χ1v) is 12.1. The average molecular weight is 531 g/mol. The van der Waals surface area contributed by atoms with Crippen molar-refractivity contribution in [3.63, 3.8) is 0 Å². The van der Waals surface area contributed by atoms with E-state index >= 15 is 0 Å². The molecule has 4 rings (SSSR count). The topological polar surface area (TPSA) is 190 Å². The summed E-state index contributed by atoms with van der Waals surface area (Å²) in [6, 6.07) is 4.76. The first-order chi connectivity index (χ1) is 17.2. The van der Waals surface area contributed by atoms with Crippen LogP contribution in [0.3, 0.4) is 0 Å². The number of hydrogen-bond donors (Lipinski definition) is 3. The number of thiazole rings is 1. The van der Waals surface area contributed by atoms with Crippen LogP contribution in [0.4, 0.5) is 10.8 Å². The van der Waals surface area contributed by atoms with Gasteiger partial charge in [-0.15, -0.1) is 23.1 Å². The van der Waals surface area contributed by atoms with Crippen molar-refractivity contribution in [2.24, 2.45) is 5.16 Å². The fourth-order valence-electron chi connectivity index (χ4n) is 3.58. The number of nitrogens with one attached hydrogen (secondary N) is 1. The second kappa shape index (κ2) is 10.2. The number of nitrogen functional groups attached to an aromatic ring is 1. The van der Waals surface area contributed by atoms with E-state index in [4.69, 9.17) is 10.6 Å². The number of aromatic nitrogens is 1. The molecule has 0 bridgehead atoms. The van der Waals surface area contributed by atoms with E-state index in [1.807, 2.05) is 0 Å². The Bertz CT molecular complexity index is 1330. The van der Waals surface area contributed by atoms with Crippen LogP contribution in [0.1, 0.15) is 11.3 Å². The predicted molar refractivity (Wildman–Crippen MR) is 132 cm³/mol. The second-order valence-corrected chi connectivity index (χ2v) is 9.41. The minimum Gasteiger partial charge on any atom is -0.477 e. The molecule has 36 heavy (non-hydrogen) atoms. The lowest BCUT2D eigenvalue weighted by atomic mass is 10.0. The Hall–Kier alpha value is -4.24. The zero-order chi connectivity index (χ0) is 26.0. The number of allylic oxidation sites excluding steroid dienone is 1. The molecule has 2 aliphatic heterocycles. The number of rotatable bonds is 8. The first-order valence-electron chi connectivity index (χ1n) is 10.2. The van der Waals surface area contributed by atoms with Gasteiger partial charge in [0.25, 0.3) is 17.5 Å². The molecule has 2 atom stereocenters. The van der Waals surface area contributed by atoms with Gasteiger partial charge in [-0.3, -0.25) is 24.6 Å². The Morgan fingerprint density at radius 1 is 1.36 bits per heavy atom. The summed E-state index contributed by atoms with van der Waals surface area (Å²) in [7, 11) is 1.26. The molecule has 186 valence electrons. The maximum atomic E-state index is 12.9. The minimum atomic E-state index is -1.29. The maximum Gasteiger partial charge on any atom is 0.352 e. The molecule has 13 nitrogen and oxygen atoms in total. The zero-order valence-corrected chi connectivity index (χ0v) is 20.1. The van der Waals surface area contributed by atoms with Crippen molar-refractivity contribution in [1.82, 2.24) is 15.2 Å². The number of fused-ring (bicyclic) bond motifs is 1. The van der Waals surface area contributed by atoms with Crippen LogP contribution in [0.5, 0.6) is 0 Å². The van der Waals surface area contributed by atoms with Gasteiger partial charge in [-0.2, -0.15) is 0 Å². The Balaban J connectivity index is 1.52. The molecular formula is C21H18N6O7S2. The van der Waals surface area contributed by atoms with E-state index in [-0.39, 0.29) is 33.7 Å². The van der Waals surface area contributed by atoms with Gasteiger partial charge in [0, 0.05) is 23.3 Å². The monoisotopic (exact) mass is 530 g/mol. The molecule has 1 aromatic heterocycles. The van der Waals surface area contributed by atoms with Crippen LogP contribution in [0.15, 0.2) is 52.1 Å². The van der Waals surface area contributed by atoms with Gasteiger partial charge in [0.05, 0.1) is 4.92 Å². The number of hydrogen-bond acceptors (Lipinski definition) is 11. The van der Waals surface area contributed by atoms with E-state index in [0.717, 1.165) is 16.2 Å². The highest BCUT2D eigenvalue weighted by Crippen LogP contribution is 2.40. The number of anilines is 1. The molecule has 2 amide bonds. The van der Waals surface area contributed by atoms with Gasteiger partial charge in [0.1, 0.15) is 29.9 Å². The molecule has 1 aromatic carbocycles. The molecule has 0 saturated carbocycles. The van der Waals surface area contributed by atoms with E-state index in [2.05, 4.69) is 15.5 Å². The number of aliphatic carboxylic acids is 1. The van der Waals surface area contributed by atoms with Crippen molar-refractivity contribution in [2.75, 3.05) is 18.6 Å². The fourth-order valence-corrected chi connectivity index (χ4v) is 5.44. The van der Waals surface area contributed by atoms with E-state index < -0.39 is 34.1 Å². The maximum absolute atomic E-state index is 12.9. The van der Waals surface area contributed by atoms with Crippen molar-refractivity contribution in [2.45, 2.75) is 11.4 Å². The van der Waals surface area contributed by atoms with Gasteiger partial charge in [0.2, 0.25) is 0 Å². The first kappa shape index (κ1) is 24.9. The standard InChI is InChI=1S/C21H18N6O7S2/c1-34-25-14(13-9-36-21(22)23-13)17(28)24-15-18(29)26-16(20(30)31)11(8-35-19(15)26)5-2-10-3-6-12(7-4-10)27(32)33/h2-7,9,15,19H,8H2,1H3,(H2,22,23)(H,24,28)(H,30,31)/b5-2+,25-14-/t15?,19-/m1/s1. The number of oxime groups is 1. The largest absolute Gasteiger partial charge is 0.477 e. The number of carbonyl (C=O) groups excluding carboxylic acids is 2. The van der Waals surface area contributed by atoms with Gasteiger partial charge < -0.3 is 21.0 Å². The van der Waals surface area contributed by atoms with Crippen LogP contribution in [-0.2, 0) is 19.2 Å². The highest BCUT2D eigenvalue weighted by molar-refractivity contribution is 8.00. The van der Waals surface area contributed by atoms with Crippen LogP contribution in [0.2, 0.25) is 0 Å². The lowest BCUT2D eigenvalue weighted by molar-refractivity contribution is -0.384. The van der Waals surface area contributed by atoms with E-state index in [1.54, 1.807) is 12.2 Å². The zero-order valence-electron chi connectivity index (χ0n) is 18.5. The molecule has 0 aliphatic carbocycles. The number of nitro benzene ring substituents is 1. The number of nitro groups is 1. The quantitative estimate of drug-likeness (QED) is 0.195. The second-order valence-electron chi connectivity index (χ2n) is 7.42. The predicted octanol–water partition coefficient (Wildman–Crippen LogP) is 1.44. The van der Waals surface area contributed by atoms with E-state index in [0.29, 0.717) is 11.1 Å². The third-order valence-corrected chi connectivity index (χ3v) is 7.21. The molecule has 1 saturated heterocycles. The number of non-ortho nitro benzene ring substituents is 1. The third-order valence-electron chi connectivity index (χ3n) is 5.23. The number of carboxylic acid groups (broad SMARTS) is 1. The van der Waals surface area contributed by atoms with Crippen LogP contribution in [0.25, 0.3) is 6.08 Å². The summed E-state index contributed by atoms with van der Waals surface area (Å²) >= 11 is 2.39. The third kappa shape index (κ3) is 4.78. The smallest absolute Gasteiger partial charge is 0.352 e. The SMILES string of the molecule is CO/N=C(\C(=O)NC1C(=O)N2C(C(=O)O)=C(/C=C/c3ccc([N+](=O)[O-])cc3)CS[C@H]12)c1csc(N)n1. The van der Waals surface area contributed by atoms with Crippen molar-refractivity contribution in [3.8, 4) is 0 Å². The number of amides is 2. The Morgan fingerprint density at radius 3 is 2.67 bits per heavy atom. The van der Waals surface area contributed by atoms with Crippen molar-refractivity contribution < 1.29 is 29.3 Å². The van der Waals surface area contributed by atoms with Gasteiger partial charge in [0.15, 0.2) is 10.8 Å². The normalized spacial score (nSPS) is 19.6. The lowest BCUT2D eigenvalue weighted by Gasteiger charge is -2.49.